The highest BCUT2D eigenvalue weighted by atomic mass is 79.9. The van der Waals surface area contributed by atoms with Gasteiger partial charge in [0.15, 0.2) is 4.60 Å². The number of ether oxygens (including phenoxy) is 2. The number of halogens is 4. The van der Waals surface area contributed by atoms with Crippen LogP contribution in [0.1, 0.15) is 22.4 Å². The lowest BCUT2D eigenvalue weighted by Crippen LogP contribution is -2.31. The van der Waals surface area contributed by atoms with E-state index in [9.17, 15) is 23.6 Å². The molecule has 0 bridgehead atoms. The van der Waals surface area contributed by atoms with Gasteiger partial charge in [0.05, 0.1) is 11.4 Å². The lowest BCUT2D eigenvalue weighted by Gasteiger charge is -2.16. The predicted molar refractivity (Wildman–Crippen MR) is 237 cm³/mol. The summed E-state index contributed by atoms with van der Waals surface area (Å²) in [6, 6.07) is 43.4. The Balaban J connectivity index is 0.000000209. The number of nitrogens with zero attached hydrogens (tertiary/aromatic N) is 4. The molecular weight excluding hydrogens is 963 g/mol. The molecule has 7 rings (SSSR count). The third-order valence-electron chi connectivity index (χ3n) is 8.99. The topological polar surface area (TPSA) is 122 Å². The Morgan fingerprint density at radius 2 is 0.917 bits per heavy atom. The van der Waals surface area contributed by atoms with Gasteiger partial charge in [-0.25, -0.2) is 14.4 Å². The molecule has 0 saturated carbocycles. The van der Waals surface area contributed by atoms with Crippen LogP contribution in [-0.4, -0.2) is 31.0 Å². The lowest BCUT2D eigenvalue weighted by atomic mass is 10.1. The second kappa shape index (κ2) is 21.4. The highest BCUT2D eigenvalue weighted by Gasteiger charge is 2.21. The van der Waals surface area contributed by atoms with Gasteiger partial charge in [-0.3, -0.25) is 28.3 Å². The molecule has 0 unspecified atom stereocenters. The molecule has 0 aliphatic heterocycles. The normalized spacial score (nSPS) is 10.7. The second-order valence-electron chi connectivity index (χ2n) is 13.2. The van der Waals surface area contributed by atoms with Crippen molar-refractivity contribution in [1.82, 2.24) is 19.1 Å². The number of esters is 2. The van der Waals surface area contributed by atoms with Crippen LogP contribution in [0.15, 0.2) is 169 Å². The van der Waals surface area contributed by atoms with Crippen molar-refractivity contribution in [3.05, 3.63) is 208 Å². The second-order valence-corrected chi connectivity index (χ2v) is 15.4. The van der Waals surface area contributed by atoms with Gasteiger partial charge in [0.1, 0.15) is 47.0 Å². The zero-order chi connectivity index (χ0) is 42.4. The van der Waals surface area contributed by atoms with E-state index in [-0.39, 0.29) is 42.3 Å². The van der Waals surface area contributed by atoms with Crippen molar-refractivity contribution >= 4 is 59.7 Å². The van der Waals surface area contributed by atoms with E-state index in [1.54, 1.807) is 12.1 Å². The van der Waals surface area contributed by atoms with Crippen LogP contribution in [0.4, 0.5) is 4.39 Å². The SMILES string of the molecule is O=C(Cn1c(-c2ccccc2)c(Br)nc(Br)c1=O)OCc1ccccc1.O=C(Cn1c(-c2ccccc2)c(Br)nc(CCc2ccc(F)cc2)c1=O)OCc1ccccc1. The van der Waals surface area contributed by atoms with Crippen molar-refractivity contribution in [2.45, 2.75) is 39.1 Å². The number of carbonyl (C=O) groups excluding carboxylic acids is 2. The summed E-state index contributed by atoms with van der Waals surface area (Å²) in [7, 11) is 0. The number of hydrogen-bond acceptors (Lipinski definition) is 8. The smallest absolute Gasteiger partial charge is 0.326 e. The molecule has 0 N–H and O–H groups in total. The van der Waals surface area contributed by atoms with Crippen LogP contribution < -0.4 is 11.1 Å². The maximum Gasteiger partial charge on any atom is 0.326 e. The maximum absolute atomic E-state index is 13.4. The van der Waals surface area contributed by atoms with E-state index in [2.05, 4.69) is 57.8 Å². The quantitative estimate of drug-likeness (QED) is 0.105. The van der Waals surface area contributed by atoms with Crippen LogP contribution in [0.2, 0.25) is 0 Å². The number of carbonyl (C=O) groups is 2. The Morgan fingerprint density at radius 3 is 1.38 bits per heavy atom. The molecule has 14 heteroatoms. The molecule has 0 amide bonds. The standard InChI is InChI=1S/C27H22BrFN2O3.C19H14Br2N2O3/c28-26-25(21-9-5-2-6-10-21)31(17-24(32)34-18-20-7-3-1-4-8-20)27(33)23(30-26)16-13-19-11-14-22(29)15-12-19;20-17-16(14-9-5-2-6-10-14)23(19(25)18(21)22-17)11-15(24)26-12-13-7-3-1-4-8-13/h1-12,14-15H,13,16-18H2;1-10H,11-12H2. The van der Waals surface area contributed by atoms with Crippen LogP contribution >= 0.6 is 47.8 Å². The summed E-state index contributed by atoms with van der Waals surface area (Å²) in [4.78, 5) is 59.6. The van der Waals surface area contributed by atoms with Gasteiger partial charge in [-0.2, -0.15) is 0 Å². The Hall–Kier alpha value is -5.83. The van der Waals surface area contributed by atoms with E-state index in [4.69, 9.17) is 9.47 Å². The summed E-state index contributed by atoms with van der Waals surface area (Å²) in [5.41, 5.74) is 4.74. The first kappa shape index (κ1) is 43.7. The van der Waals surface area contributed by atoms with Gasteiger partial charge in [-0.05, 0) is 89.5 Å². The largest absolute Gasteiger partial charge is 0.459 e. The van der Waals surface area contributed by atoms with E-state index >= 15 is 0 Å². The van der Waals surface area contributed by atoms with Crippen LogP contribution in [0.25, 0.3) is 22.5 Å². The van der Waals surface area contributed by atoms with E-state index in [1.165, 1.54) is 21.3 Å². The van der Waals surface area contributed by atoms with Gasteiger partial charge in [-0.15, -0.1) is 0 Å². The van der Waals surface area contributed by atoms with E-state index in [1.807, 2.05) is 121 Å². The zero-order valence-electron chi connectivity index (χ0n) is 31.8. The molecule has 0 aliphatic rings. The minimum absolute atomic E-state index is 0.124. The first-order valence-corrected chi connectivity index (χ1v) is 20.9. The Kier molecular flexibility index (Phi) is 15.6. The summed E-state index contributed by atoms with van der Waals surface area (Å²) < 4.78 is 27.7. The van der Waals surface area contributed by atoms with Gasteiger partial charge in [0.2, 0.25) is 0 Å². The summed E-state index contributed by atoms with van der Waals surface area (Å²) in [6.07, 6.45) is 0.856. The molecule has 10 nitrogen and oxygen atoms in total. The zero-order valence-corrected chi connectivity index (χ0v) is 36.6. The van der Waals surface area contributed by atoms with Crippen molar-refractivity contribution < 1.29 is 23.5 Å². The molecule has 0 saturated heterocycles. The van der Waals surface area contributed by atoms with Crippen molar-refractivity contribution in [1.29, 1.82) is 0 Å². The van der Waals surface area contributed by atoms with Crippen LogP contribution in [0.5, 0.6) is 0 Å². The number of aryl methyl sites for hydroxylation is 2. The first-order valence-electron chi connectivity index (χ1n) is 18.6. The van der Waals surface area contributed by atoms with Crippen molar-refractivity contribution in [2.24, 2.45) is 0 Å². The average Bonchev–Trinajstić information content (AvgIpc) is 3.27. The fourth-order valence-corrected chi connectivity index (χ4v) is 7.95. The van der Waals surface area contributed by atoms with Crippen molar-refractivity contribution in [3.8, 4) is 22.5 Å². The summed E-state index contributed by atoms with van der Waals surface area (Å²) in [6.45, 7) is -0.183. The van der Waals surface area contributed by atoms with E-state index in [0.29, 0.717) is 39.1 Å². The minimum atomic E-state index is -0.522. The monoisotopic (exact) mass is 996 g/mol. The third-order valence-corrected chi connectivity index (χ3v) is 10.6. The number of aromatic nitrogens is 4. The minimum Gasteiger partial charge on any atom is -0.459 e. The predicted octanol–water partition coefficient (Wildman–Crippen LogP) is 9.52. The van der Waals surface area contributed by atoms with Gasteiger partial charge in [0.25, 0.3) is 11.1 Å². The van der Waals surface area contributed by atoms with Crippen molar-refractivity contribution in [3.63, 3.8) is 0 Å². The van der Waals surface area contributed by atoms with E-state index in [0.717, 1.165) is 27.8 Å². The Morgan fingerprint density at radius 1 is 0.500 bits per heavy atom. The highest BCUT2D eigenvalue weighted by Crippen LogP contribution is 2.28. The molecule has 2 heterocycles. The van der Waals surface area contributed by atoms with Crippen LogP contribution in [0.3, 0.4) is 0 Å². The number of benzene rings is 5. The third kappa shape index (κ3) is 11.9. The highest BCUT2D eigenvalue weighted by molar-refractivity contribution is 9.11. The Labute approximate surface area is 370 Å². The molecule has 0 spiro atoms. The molecule has 0 aliphatic carbocycles. The van der Waals surface area contributed by atoms with Gasteiger partial charge >= 0.3 is 11.9 Å². The molecular formula is C46H36Br3FN4O6. The summed E-state index contributed by atoms with van der Waals surface area (Å²) in [5.74, 6) is -1.34. The average molecular weight is 1000 g/mol. The molecule has 304 valence electrons. The fraction of sp³-hybridized carbons (Fsp3) is 0.130. The number of hydrogen-bond donors (Lipinski definition) is 0. The molecule has 0 fully saturated rings. The Bertz CT molecular complexity index is 2670. The summed E-state index contributed by atoms with van der Waals surface area (Å²) in [5, 5.41) is 0. The molecule has 0 radical (unpaired) electrons. The van der Waals surface area contributed by atoms with Crippen molar-refractivity contribution in [2.75, 3.05) is 0 Å². The molecule has 60 heavy (non-hydrogen) atoms. The van der Waals surface area contributed by atoms with Gasteiger partial charge in [0, 0.05) is 11.1 Å². The summed E-state index contributed by atoms with van der Waals surface area (Å²) >= 11 is 10.0. The van der Waals surface area contributed by atoms with Crippen LogP contribution in [0, 0.1) is 5.82 Å². The number of rotatable bonds is 13. The molecule has 0 atom stereocenters. The maximum atomic E-state index is 13.4. The molecule has 5 aromatic carbocycles. The first-order chi connectivity index (χ1) is 29.1. The van der Waals surface area contributed by atoms with Gasteiger partial charge in [-0.1, -0.05) is 133 Å². The van der Waals surface area contributed by atoms with E-state index < -0.39 is 17.5 Å². The molecule has 7 aromatic rings. The fourth-order valence-electron chi connectivity index (χ4n) is 6.05. The molecule has 2 aromatic heterocycles. The van der Waals surface area contributed by atoms with Gasteiger partial charge < -0.3 is 9.47 Å². The van der Waals surface area contributed by atoms with Crippen LogP contribution in [-0.2, 0) is 58.2 Å². The lowest BCUT2D eigenvalue weighted by molar-refractivity contribution is -0.146.